The Morgan fingerprint density at radius 1 is 1.43 bits per heavy atom. The Hall–Kier alpha value is -2.81. The van der Waals surface area contributed by atoms with E-state index in [1.165, 1.54) is 40.6 Å². The van der Waals surface area contributed by atoms with E-state index in [-0.39, 0.29) is 17.9 Å². The molecule has 3 heterocycles. The van der Waals surface area contributed by atoms with Crippen molar-refractivity contribution in [2.24, 2.45) is 5.92 Å². The predicted molar refractivity (Wildman–Crippen MR) is 105 cm³/mol. The minimum Gasteiger partial charge on any atom is -0.348 e. The molecule has 4 rings (SSSR count). The first kappa shape index (κ1) is 18.5. The van der Waals surface area contributed by atoms with Gasteiger partial charge in [-0.25, -0.2) is 9.37 Å². The molecule has 0 saturated carbocycles. The normalized spacial score (nSPS) is 17.1. The van der Waals surface area contributed by atoms with Crippen molar-refractivity contribution in [3.05, 3.63) is 57.8 Å². The Morgan fingerprint density at radius 3 is 3.07 bits per heavy atom. The van der Waals surface area contributed by atoms with Gasteiger partial charge in [-0.2, -0.15) is 4.52 Å². The number of halogens is 1. The van der Waals surface area contributed by atoms with Crippen LogP contribution in [0.25, 0.3) is 4.96 Å². The smallest absolute Gasteiger partial charge is 0.288 e. The molecule has 1 saturated heterocycles. The third-order valence-corrected chi connectivity index (χ3v) is 5.77. The molecule has 1 N–H and O–H groups in total. The topological polar surface area (TPSA) is 79.6 Å². The van der Waals surface area contributed by atoms with E-state index in [1.807, 2.05) is 0 Å². The molecule has 3 aromatic rings. The summed E-state index contributed by atoms with van der Waals surface area (Å²) in [4.78, 5) is 32.0. The summed E-state index contributed by atoms with van der Waals surface area (Å²) in [5.41, 5.74) is 0.0183. The molecule has 1 amide bonds. The Bertz CT molecular complexity index is 1080. The van der Waals surface area contributed by atoms with Gasteiger partial charge in [-0.1, -0.05) is 30.4 Å². The molecule has 1 fully saturated rings. The van der Waals surface area contributed by atoms with Crippen molar-refractivity contribution >= 4 is 27.3 Å². The quantitative estimate of drug-likeness (QED) is 0.727. The van der Waals surface area contributed by atoms with Crippen LogP contribution in [0.1, 0.15) is 35.7 Å². The Labute approximate surface area is 164 Å². The fraction of sp³-hybridized carbons (Fsp3) is 0.368. The van der Waals surface area contributed by atoms with Crippen LogP contribution in [0.15, 0.2) is 35.3 Å². The summed E-state index contributed by atoms with van der Waals surface area (Å²) in [7, 11) is 0. The molecule has 1 aliphatic rings. The second-order valence-corrected chi connectivity index (χ2v) is 8.00. The minimum atomic E-state index is -0.558. The fourth-order valence-electron chi connectivity index (χ4n) is 3.35. The maximum absolute atomic E-state index is 13.2. The molecule has 2 aromatic heterocycles. The number of piperidine rings is 1. The van der Waals surface area contributed by atoms with E-state index < -0.39 is 11.5 Å². The van der Waals surface area contributed by atoms with E-state index in [0.29, 0.717) is 16.4 Å². The molecule has 0 bridgehead atoms. The van der Waals surface area contributed by atoms with Crippen molar-refractivity contribution < 1.29 is 9.18 Å². The van der Waals surface area contributed by atoms with Gasteiger partial charge in [-0.15, -0.1) is 5.10 Å². The Balaban J connectivity index is 1.55. The second-order valence-electron chi connectivity index (χ2n) is 7.06. The number of nitrogens with one attached hydrogen (secondary N) is 1. The summed E-state index contributed by atoms with van der Waals surface area (Å²) >= 11 is 1.35. The second kappa shape index (κ2) is 7.67. The number of hydrogen-bond acceptors (Lipinski definition) is 6. The van der Waals surface area contributed by atoms with Gasteiger partial charge in [0.2, 0.25) is 10.1 Å². The van der Waals surface area contributed by atoms with E-state index in [1.54, 1.807) is 12.1 Å². The van der Waals surface area contributed by atoms with Crippen LogP contribution in [0.5, 0.6) is 0 Å². The maximum atomic E-state index is 13.2. The largest absolute Gasteiger partial charge is 0.348 e. The third kappa shape index (κ3) is 3.75. The highest BCUT2D eigenvalue weighted by Gasteiger charge is 2.22. The standard InChI is InChI=1S/C19H20FN5O2S/c1-12-4-3-7-24(11-12)19-23-25-17(27)15(10-22-18(25)28-19)16(26)21-9-13-5-2-6-14(20)8-13/h2,5-6,8,10,12H,3-4,7,9,11H2,1H3,(H,21,26)/t12-/m0/s1. The summed E-state index contributed by atoms with van der Waals surface area (Å²) in [5.74, 6) is -0.358. The monoisotopic (exact) mass is 401 g/mol. The first-order chi connectivity index (χ1) is 13.5. The van der Waals surface area contributed by atoms with Crippen LogP contribution in [0.3, 0.4) is 0 Å². The number of hydrogen-bond donors (Lipinski definition) is 1. The number of carbonyl (C=O) groups excluding carboxylic acids is 1. The zero-order valence-corrected chi connectivity index (χ0v) is 16.2. The molecule has 146 valence electrons. The zero-order valence-electron chi connectivity index (χ0n) is 15.4. The van der Waals surface area contributed by atoms with E-state index >= 15 is 0 Å². The Morgan fingerprint density at radius 2 is 2.29 bits per heavy atom. The van der Waals surface area contributed by atoms with Gasteiger partial charge >= 0.3 is 0 Å². The van der Waals surface area contributed by atoms with Crippen LogP contribution >= 0.6 is 11.3 Å². The number of aromatic nitrogens is 3. The number of nitrogens with zero attached hydrogens (tertiary/aromatic N) is 4. The number of carbonyl (C=O) groups is 1. The zero-order chi connectivity index (χ0) is 19.7. The molecule has 1 aliphatic heterocycles. The lowest BCUT2D eigenvalue weighted by Gasteiger charge is -2.30. The molecular formula is C19H20FN5O2S. The average Bonchev–Trinajstić information content (AvgIpc) is 3.12. The highest BCUT2D eigenvalue weighted by atomic mass is 32.1. The van der Waals surface area contributed by atoms with Gasteiger partial charge in [0.15, 0.2) is 0 Å². The van der Waals surface area contributed by atoms with Crippen molar-refractivity contribution in [2.45, 2.75) is 26.3 Å². The summed E-state index contributed by atoms with van der Waals surface area (Å²) in [6.07, 6.45) is 3.56. The first-order valence-corrected chi connectivity index (χ1v) is 9.99. The van der Waals surface area contributed by atoms with Crippen LogP contribution in [-0.2, 0) is 6.54 Å². The summed E-state index contributed by atoms with van der Waals surface area (Å²) in [6.45, 7) is 4.12. The van der Waals surface area contributed by atoms with Crippen molar-refractivity contribution in [2.75, 3.05) is 18.0 Å². The molecule has 1 atom stereocenters. The Kier molecular flexibility index (Phi) is 5.08. The number of benzene rings is 1. The van der Waals surface area contributed by atoms with Crippen molar-refractivity contribution in [1.82, 2.24) is 19.9 Å². The van der Waals surface area contributed by atoms with Gasteiger partial charge in [0.05, 0.1) is 0 Å². The van der Waals surface area contributed by atoms with Gasteiger partial charge in [0.25, 0.3) is 11.5 Å². The molecule has 0 radical (unpaired) electrons. The van der Waals surface area contributed by atoms with E-state index in [2.05, 4.69) is 27.2 Å². The van der Waals surface area contributed by atoms with Crippen LogP contribution < -0.4 is 15.8 Å². The number of rotatable bonds is 4. The van der Waals surface area contributed by atoms with Gasteiger partial charge in [0, 0.05) is 25.8 Å². The molecule has 1 aromatic carbocycles. The van der Waals surface area contributed by atoms with Gasteiger partial charge < -0.3 is 10.2 Å². The minimum absolute atomic E-state index is 0.0854. The van der Waals surface area contributed by atoms with E-state index in [9.17, 15) is 14.0 Å². The van der Waals surface area contributed by atoms with Crippen LogP contribution in [-0.4, -0.2) is 33.6 Å². The first-order valence-electron chi connectivity index (χ1n) is 9.18. The lowest BCUT2D eigenvalue weighted by atomic mass is 10.0. The summed E-state index contributed by atoms with van der Waals surface area (Å²) in [5, 5.41) is 7.77. The highest BCUT2D eigenvalue weighted by molar-refractivity contribution is 7.20. The summed E-state index contributed by atoms with van der Waals surface area (Å²) in [6, 6.07) is 5.93. The lowest BCUT2D eigenvalue weighted by Crippen LogP contribution is -2.34. The van der Waals surface area contributed by atoms with Gasteiger partial charge in [0.1, 0.15) is 11.4 Å². The molecule has 7 nitrogen and oxygen atoms in total. The molecule has 0 unspecified atom stereocenters. The maximum Gasteiger partial charge on any atom is 0.288 e. The third-order valence-electron chi connectivity index (χ3n) is 4.79. The molecule has 9 heteroatoms. The molecule has 28 heavy (non-hydrogen) atoms. The average molecular weight is 401 g/mol. The van der Waals surface area contributed by atoms with E-state index in [4.69, 9.17) is 0 Å². The van der Waals surface area contributed by atoms with Crippen LogP contribution in [0, 0.1) is 11.7 Å². The predicted octanol–water partition coefficient (Wildman–Crippen LogP) is 2.46. The molecule has 0 aliphatic carbocycles. The van der Waals surface area contributed by atoms with Crippen molar-refractivity contribution in [1.29, 1.82) is 0 Å². The van der Waals surface area contributed by atoms with Gasteiger partial charge in [-0.3, -0.25) is 9.59 Å². The lowest BCUT2D eigenvalue weighted by molar-refractivity contribution is 0.0948. The number of anilines is 1. The van der Waals surface area contributed by atoms with E-state index in [0.717, 1.165) is 24.6 Å². The van der Waals surface area contributed by atoms with Crippen LogP contribution in [0.4, 0.5) is 9.52 Å². The SMILES string of the molecule is C[C@H]1CCCN(c2nn3c(=O)c(C(=O)NCc4cccc(F)c4)cnc3s2)C1. The van der Waals surface area contributed by atoms with Gasteiger partial charge in [-0.05, 0) is 36.5 Å². The van der Waals surface area contributed by atoms with Crippen molar-refractivity contribution in [3.63, 3.8) is 0 Å². The molecular weight excluding hydrogens is 381 g/mol. The van der Waals surface area contributed by atoms with Crippen molar-refractivity contribution in [3.8, 4) is 0 Å². The van der Waals surface area contributed by atoms with Crippen LogP contribution in [0.2, 0.25) is 0 Å². The number of fused-ring (bicyclic) bond motifs is 1. The highest BCUT2D eigenvalue weighted by Crippen LogP contribution is 2.26. The molecule has 0 spiro atoms. The fourth-order valence-corrected chi connectivity index (χ4v) is 4.24. The number of amides is 1. The summed E-state index contributed by atoms with van der Waals surface area (Å²) < 4.78 is 14.4.